The lowest BCUT2D eigenvalue weighted by Crippen LogP contribution is -1.89. The fraction of sp³-hybridized carbons (Fsp3) is 0.111. The van der Waals surface area contributed by atoms with Crippen molar-refractivity contribution < 1.29 is 4.74 Å². The molecule has 0 N–H and O–H groups in total. The van der Waals surface area contributed by atoms with Crippen molar-refractivity contribution in [3.05, 3.63) is 76.9 Å². The van der Waals surface area contributed by atoms with Crippen LogP contribution >= 0.6 is 0 Å². The van der Waals surface area contributed by atoms with E-state index in [1.807, 2.05) is 18.2 Å². The summed E-state index contributed by atoms with van der Waals surface area (Å²) >= 11 is 0. The van der Waals surface area contributed by atoms with Gasteiger partial charge in [0.2, 0.25) is 0 Å². The number of benzene rings is 2. The first-order chi connectivity index (χ1) is 9.29. The van der Waals surface area contributed by atoms with Gasteiger partial charge in [-0.3, -0.25) is 0 Å². The van der Waals surface area contributed by atoms with Crippen LogP contribution in [0.3, 0.4) is 0 Å². The molecule has 0 spiro atoms. The highest BCUT2D eigenvalue weighted by atomic mass is 16.5. The fourth-order valence-electron chi connectivity index (χ4n) is 2.41. The van der Waals surface area contributed by atoms with E-state index < -0.39 is 0 Å². The van der Waals surface area contributed by atoms with E-state index in [2.05, 4.69) is 49.4 Å². The number of fused-ring (bicyclic) bond motifs is 1. The third-order valence-electron chi connectivity index (χ3n) is 3.36. The van der Waals surface area contributed by atoms with Gasteiger partial charge in [-0.05, 0) is 47.4 Å². The molecule has 19 heavy (non-hydrogen) atoms. The van der Waals surface area contributed by atoms with Gasteiger partial charge in [0.25, 0.3) is 0 Å². The van der Waals surface area contributed by atoms with Gasteiger partial charge >= 0.3 is 0 Å². The first kappa shape index (κ1) is 11.8. The summed E-state index contributed by atoms with van der Waals surface area (Å²) < 4.78 is 5.40. The van der Waals surface area contributed by atoms with Crippen LogP contribution in [0.5, 0.6) is 5.75 Å². The Morgan fingerprint density at radius 2 is 1.79 bits per heavy atom. The average Bonchev–Trinajstić information content (AvgIpc) is 2.76. The molecule has 1 aliphatic rings. The molecule has 1 heteroatoms. The van der Waals surface area contributed by atoms with E-state index in [-0.39, 0.29) is 0 Å². The van der Waals surface area contributed by atoms with Crippen molar-refractivity contribution in [3.63, 3.8) is 0 Å². The van der Waals surface area contributed by atoms with E-state index >= 15 is 0 Å². The molecular formula is C18H15O. The SMILES string of the molecule is COc1cccc2c1[C]=C(C)/C2=C/c1ccccc1. The van der Waals surface area contributed by atoms with Gasteiger partial charge in [0.05, 0.1) is 7.11 Å². The van der Waals surface area contributed by atoms with Crippen molar-refractivity contribution in [2.24, 2.45) is 0 Å². The normalized spacial score (nSPS) is 15.3. The van der Waals surface area contributed by atoms with Crippen LogP contribution in [0.2, 0.25) is 0 Å². The molecule has 0 heterocycles. The molecule has 0 aromatic heterocycles. The second kappa shape index (κ2) is 4.77. The van der Waals surface area contributed by atoms with Crippen LogP contribution in [-0.4, -0.2) is 7.11 Å². The molecule has 93 valence electrons. The molecule has 0 saturated carbocycles. The lowest BCUT2D eigenvalue weighted by Gasteiger charge is -2.07. The molecule has 1 aliphatic carbocycles. The van der Waals surface area contributed by atoms with Crippen LogP contribution in [0.25, 0.3) is 11.6 Å². The van der Waals surface area contributed by atoms with E-state index in [9.17, 15) is 0 Å². The number of ether oxygens (including phenoxy) is 1. The Morgan fingerprint density at radius 1 is 1.00 bits per heavy atom. The van der Waals surface area contributed by atoms with E-state index in [1.165, 1.54) is 16.7 Å². The van der Waals surface area contributed by atoms with Crippen molar-refractivity contribution in [1.29, 1.82) is 0 Å². The summed E-state index contributed by atoms with van der Waals surface area (Å²) in [5.41, 5.74) is 5.84. The highest BCUT2D eigenvalue weighted by Gasteiger charge is 2.19. The van der Waals surface area contributed by atoms with Crippen LogP contribution < -0.4 is 4.74 Å². The lowest BCUT2D eigenvalue weighted by atomic mass is 10.0. The molecule has 1 nitrogen and oxygen atoms in total. The average molecular weight is 247 g/mol. The number of hydrogen-bond donors (Lipinski definition) is 0. The van der Waals surface area contributed by atoms with Gasteiger partial charge in [0.1, 0.15) is 5.75 Å². The standard InChI is InChI=1S/C18H15O/c1-13-11-17-15(9-6-10-18(17)19-2)16(13)12-14-7-4-3-5-8-14/h3-10,12H,1-2H3/b16-12-. The van der Waals surface area contributed by atoms with Crippen LogP contribution in [0.4, 0.5) is 0 Å². The third-order valence-corrected chi connectivity index (χ3v) is 3.36. The monoisotopic (exact) mass is 247 g/mol. The molecule has 0 bridgehead atoms. The summed E-state index contributed by atoms with van der Waals surface area (Å²) in [6.45, 7) is 2.09. The first-order valence-corrected chi connectivity index (χ1v) is 6.34. The van der Waals surface area contributed by atoms with Crippen molar-refractivity contribution in [3.8, 4) is 5.75 Å². The van der Waals surface area contributed by atoms with E-state index in [4.69, 9.17) is 4.74 Å². The first-order valence-electron chi connectivity index (χ1n) is 6.34. The topological polar surface area (TPSA) is 9.23 Å². The molecule has 3 rings (SSSR count). The van der Waals surface area contributed by atoms with Crippen molar-refractivity contribution >= 4 is 11.6 Å². The van der Waals surface area contributed by atoms with E-state index in [0.29, 0.717) is 0 Å². The number of allylic oxidation sites excluding steroid dienone is 2. The minimum Gasteiger partial charge on any atom is -0.496 e. The minimum absolute atomic E-state index is 0.883. The molecule has 0 aliphatic heterocycles. The van der Waals surface area contributed by atoms with Gasteiger partial charge in [-0.1, -0.05) is 42.5 Å². The van der Waals surface area contributed by atoms with Crippen LogP contribution in [0, 0.1) is 6.08 Å². The molecule has 2 aromatic rings. The Labute approximate surface area is 113 Å². The maximum absolute atomic E-state index is 5.40. The van der Waals surface area contributed by atoms with E-state index in [1.54, 1.807) is 7.11 Å². The maximum Gasteiger partial charge on any atom is 0.127 e. The van der Waals surface area contributed by atoms with Crippen LogP contribution in [0.15, 0.2) is 54.1 Å². The fourth-order valence-corrected chi connectivity index (χ4v) is 2.41. The summed E-state index contributed by atoms with van der Waals surface area (Å²) in [5.74, 6) is 0.883. The Bertz CT molecular complexity index is 663. The summed E-state index contributed by atoms with van der Waals surface area (Å²) in [6.07, 6.45) is 5.61. The second-order valence-corrected chi connectivity index (χ2v) is 4.60. The Kier molecular flexibility index (Phi) is 2.96. The predicted molar refractivity (Wildman–Crippen MR) is 78.8 cm³/mol. The Balaban J connectivity index is 2.13. The zero-order valence-electron chi connectivity index (χ0n) is 11.1. The van der Waals surface area contributed by atoms with E-state index in [0.717, 1.165) is 16.9 Å². The van der Waals surface area contributed by atoms with Gasteiger partial charge in [-0.15, -0.1) is 0 Å². The second-order valence-electron chi connectivity index (χ2n) is 4.60. The van der Waals surface area contributed by atoms with Gasteiger partial charge < -0.3 is 4.74 Å². The molecule has 0 unspecified atom stereocenters. The number of methoxy groups -OCH3 is 1. The zero-order valence-corrected chi connectivity index (χ0v) is 11.1. The van der Waals surface area contributed by atoms with Crippen molar-refractivity contribution in [2.45, 2.75) is 6.92 Å². The minimum atomic E-state index is 0.883. The van der Waals surface area contributed by atoms with Crippen LogP contribution in [-0.2, 0) is 0 Å². The zero-order chi connectivity index (χ0) is 13.2. The summed E-state index contributed by atoms with van der Waals surface area (Å²) in [5, 5.41) is 0. The van der Waals surface area contributed by atoms with Crippen molar-refractivity contribution in [2.75, 3.05) is 7.11 Å². The third kappa shape index (κ3) is 2.08. The molecule has 0 fully saturated rings. The van der Waals surface area contributed by atoms with Crippen LogP contribution in [0.1, 0.15) is 23.6 Å². The summed E-state index contributed by atoms with van der Waals surface area (Å²) in [7, 11) is 1.70. The molecule has 2 aromatic carbocycles. The molecule has 0 atom stereocenters. The molecule has 1 radical (unpaired) electrons. The Hall–Kier alpha value is -2.28. The predicted octanol–water partition coefficient (Wildman–Crippen LogP) is 4.35. The maximum atomic E-state index is 5.40. The summed E-state index contributed by atoms with van der Waals surface area (Å²) in [4.78, 5) is 0. The number of rotatable bonds is 2. The largest absolute Gasteiger partial charge is 0.496 e. The highest BCUT2D eigenvalue weighted by molar-refractivity contribution is 5.95. The number of hydrogen-bond acceptors (Lipinski definition) is 1. The van der Waals surface area contributed by atoms with Gasteiger partial charge in [-0.2, -0.15) is 0 Å². The van der Waals surface area contributed by atoms with Gasteiger partial charge in [-0.25, -0.2) is 0 Å². The Morgan fingerprint density at radius 3 is 2.53 bits per heavy atom. The van der Waals surface area contributed by atoms with Gasteiger partial charge in [0.15, 0.2) is 0 Å². The highest BCUT2D eigenvalue weighted by Crippen LogP contribution is 2.39. The summed E-state index contributed by atoms with van der Waals surface area (Å²) in [6, 6.07) is 16.5. The smallest absolute Gasteiger partial charge is 0.127 e. The molecule has 0 amide bonds. The van der Waals surface area contributed by atoms with Gasteiger partial charge in [0, 0.05) is 5.56 Å². The quantitative estimate of drug-likeness (QED) is 0.766. The van der Waals surface area contributed by atoms with Crippen molar-refractivity contribution in [1.82, 2.24) is 0 Å². The lowest BCUT2D eigenvalue weighted by molar-refractivity contribution is 0.413. The molecular weight excluding hydrogens is 232 g/mol. The molecule has 0 saturated heterocycles.